The molecular formula is C24H22N4O2. The number of benzene rings is 2. The molecule has 150 valence electrons. The maximum absolute atomic E-state index is 12.9. The highest BCUT2D eigenvalue weighted by molar-refractivity contribution is 6.07. The van der Waals surface area contributed by atoms with Crippen LogP contribution in [-0.4, -0.2) is 35.9 Å². The quantitative estimate of drug-likeness (QED) is 0.731. The van der Waals surface area contributed by atoms with Crippen LogP contribution in [0.4, 0.5) is 17.2 Å². The van der Waals surface area contributed by atoms with Crippen molar-refractivity contribution in [2.24, 2.45) is 0 Å². The fraction of sp³-hybridized carbons (Fsp3) is 0.208. The van der Waals surface area contributed by atoms with Gasteiger partial charge in [0.15, 0.2) is 0 Å². The number of nitrogens with one attached hydrogen (secondary N) is 1. The highest BCUT2D eigenvalue weighted by Gasteiger charge is 2.32. The van der Waals surface area contributed by atoms with Gasteiger partial charge in [-0.15, -0.1) is 0 Å². The molecule has 3 aromatic rings. The van der Waals surface area contributed by atoms with E-state index in [2.05, 4.69) is 16.4 Å². The van der Waals surface area contributed by atoms with Crippen LogP contribution in [-0.2, 0) is 11.2 Å². The second kappa shape index (κ2) is 7.63. The number of hydrogen-bond donors (Lipinski definition) is 1. The first kappa shape index (κ1) is 18.4. The number of pyridine rings is 1. The van der Waals surface area contributed by atoms with Crippen LogP contribution in [0.3, 0.4) is 0 Å². The normalized spacial score (nSPS) is 17.9. The lowest BCUT2D eigenvalue weighted by Gasteiger charge is -2.18. The molecule has 0 radical (unpaired) electrons. The molecule has 0 spiro atoms. The number of fused-ring (bicyclic) bond motifs is 1. The van der Waals surface area contributed by atoms with Gasteiger partial charge in [-0.3, -0.25) is 9.59 Å². The summed E-state index contributed by atoms with van der Waals surface area (Å²) in [7, 11) is 0. The van der Waals surface area contributed by atoms with Crippen molar-refractivity contribution < 1.29 is 9.59 Å². The van der Waals surface area contributed by atoms with Crippen molar-refractivity contribution in [2.45, 2.75) is 18.9 Å². The molecule has 1 aromatic heterocycles. The summed E-state index contributed by atoms with van der Waals surface area (Å²) in [6.07, 6.45) is 3.16. The van der Waals surface area contributed by atoms with E-state index >= 15 is 0 Å². The van der Waals surface area contributed by atoms with Crippen molar-refractivity contribution in [3.05, 3.63) is 84.1 Å². The van der Waals surface area contributed by atoms with Crippen LogP contribution in [0, 0.1) is 0 Å². The molecule has 30 heavy (non-hydrogen) atoms. The highest BCUT2D eigenvalue weighted by Crippen LogP contribution is 2.29. The molecule has 2 amide bonds. The summed E-state index contributed by atoms with van der Waals surface area (Å²) in [5.41, 5.74) is 3.62. The lowest BCUT2D eigenvalue weighted by molar-refractivity contribution is -0.117. The molecule has 1 saturated heterocycles. The van der Waals surface area contributed by atoms with Crippen LogP contribution in [0.25, 0.3) is 0 Å². The minimum atomic E-state index is -0.315. The van der Waals surface area contributed by atoms with Gasteiger partial charge in [0.2, 0.25) is 5.91 Å². The Morgan fingerprint density at radius 2 is 1.77 bits per heavy atom. The third kappa shape index (κ3) is 3.30. The fourth-order valence-electron chi connectivity index (χ4n) is 4.17. The number of rotatable bonds is 4. The Labute approximate surface area is 175 Å². The van der Waals surface area contributed by atoms with E-state index in [9.17, 15) is 9.59 Å². The molecule has 6 nitrogen and oxygen atoms in total. The van der Waals surface area contributed by atoms with Crippen molar-refractivity contribution in [1.82, 2.24) is 4.98 Å². The van der Waals surface area contributed by atoms with Gasteiger partial charge in [-0.2, -0.15) is 0 Å². The Morgan fingerprint density at radius 3 is 2.57 bits per heavy atom. The molecule has 0 unspecified atom stereocenters. The maximum Gasteiger partial charge on any atom is 0.259 e. The van der Waals surface area contributed by atoms with Crippen LogP contribution < -0.4 is 15.1 Å². The van der Waals surface area contributed by atoms with Crippen LogP contribution in [0.2, 0.25) is 0 Å². The van der Waals surface area contributed by atoms with Gasteiger partial charge in [0.05, 0.1) is 5.56 Å². The van der Waals surface area contributed by atoms with Gasteiger partial charge in [0.25, 0.3) is 5.91 Å². The minimum absolute atomic E-state index is 0.0387. The molecule has 6 heteroatoms. The van der Waals surface area contributed by atoms with Crippen molar-refractivity contribution in [3.63, 3.8) is 0 Å². The van der Waals surface area contributed by atoms with E-state index in [1.54, 1.807) is 28.1 Å². The van der Waals surface area contributed by atoms with Crippen molar-refractivity contribution in [2.75, 3.05) is 28.2 Å². The standard InChI is InChI=1S/C24H22N4O2/c29-23(28-14-12-17-6-4-5-9-21(17)28)18-10-11-22(25-16-18)26-20-13-15-27(24(20)30)19-7-2-1-3-8-19/h1-11,16,20H,12-15H2,(H,25,26)/t20-/m0/s1. The SMILES string of the molecule is O=C1[C@@H](Nc2ccc(C(=O)N3CCc4ccccc43)cn2)CCN1c1ccccc1. The molecule has 1 N–H and O–H groups in total. The van der Waals surface area contributed by atoms with Gasteiger partial charge in [-0.25, -0.2) is 4.98 Å². The van der Waals surface area contributed by atoms with E-state index in [1.165, 1.54) is 5.56 Å². The first-order valence-corrected chi connectivity index (χ1v) is 10.2. The molecule has 5 rings (SSSR count). The third-order valence-electron chi connectivity index (χ3n) is 5.74. The van der Waals surface area contributed by atoms with E-state index in [0.717, 1.165) is 17.8 Å². The lowest BCUT2D eigenvalue weighted by Crippen LogP contribution is -2.33. The second-order valence-electron chi connectivity index (χ2n) is 7.58. The summed E-state index contributed by atoms with van der Waals surface area (Å²) < 4.78 is 0. The molecule has 2 aromatic carbocycles. The summed E-state index contributed by atoms with van der Waals surface area (Å²) in [5.74, 6) is 0.588. The van der Waals surface area contributed by atoms with E-state index in [4.69, 9.17) is 0 Å². The van der Waals surface area contributed by atoms with Crippen LogP contribution in [0.1, 0.15) is 22.3 Å². The molecule has 0 saturated carbocycles. The minimum Gasteiger partial charge on any atom is -0.358 e. The Morgan fingerprint density at radius 1 is 0.967 bits per heavy atom. The van der Waals surface area contributed by atoms with Crippen molar-refractivity contribution in [1.29, 1.82) is 0 Å². The summed E-state index contributed by atoms with van der Waals surface area (Å²) >= 11 is 0. The van der Waals surface area contributed by atoms with E-state index < -0.39 is 0 Å². The van der Waals surface area contributed by atoms with Gasteiger partial charge in [-0.1, -0.05) is 36.4 Å². The zero-order chi connectivity index (χ0) is 20.5. The van der Waals surface area contributed by atoms with Gasteiger partial charge < -0.3 is 15.1 Å². The molecule has 1 atom stereocenters. The number of carbonyl (C=O) groups excluding carboxylic acids is 2. The Kier molecular flexibility index (Phi) is 4.67. The number of anilines is 3. The summed E-state index contributed by atoms with van der Waals surface area (Å²) in [6, 6.07) is 20.9. The van der Waals surface area contributed by atoms with Crippen molar-refractivity contribution in [3.8, 4) is 0 Å². The monoisotopic (exact) mass is 398 g/mol. The predicted octanol–water partition coefficient (Wildman–Crippen LogP) is 3.50. The van der Waals surface area contributed by atoms with Gasteiger partial charge in [0.1, 0.15) is 11.9 Å². The van der Waals surface area contributed by atoms with Crippen molar-refractivity contribution >= 4 is 29.0 Å². The predicted molar refractivity (Wildman–Crippen MR) is 117 cm³/mol. The van der Waals surface area contributed by atoms with Gasteiger partial charge >= 0.3 is 0 Å². The van der Waals surface area contributed by atoms with Crippen LogP contribution >= 0.6 is 0 Å². The summed E-state index contributed by atoms with van der Waals surface area (Å²) in [6.45, 7) is 1.36. The van der Waals surface area contributed by atoms with Gasteiger partial charge in [-0.05, 0) is 48.7 Å². The molecule has 3 heterocycles. The van der Waals surface area contributed by atoms with Gasteiger partial charge in [0, 0.05) is 30.7 Å². The number of amides is 2. The molecule has 1 fully saturated rings. The molecular weight excluding hydrogens is 376 g/mol. The second-order valence-corrected chi connectivity index (χ2v) is 7.58. The lowest BCUT2D eigenvalue weighted by atomic mass is 10.2. The Balaban J connectivity index is 1.26. The Bertz CT molecular complexity index is 1080. The van der Waals surface area contributed by atoms with Crippen LogP contribution in [0.15, 0.2) is 72.9 Å². The summed E-state index contributed by atoms with van der Waals surface area (Å²) in [5, 5.41) is 3.21. The zero-order valence-electron chi connectivity index (χ0n) is 16.5. The number of nitrogens with zero attached hydrogens (tertiary/aromatic N) is 3. The van der Waals surface area contributed by atoms with E-state index in [-0.39, 0.29) is 17.9 Å². The molecule has 0 bridgehead atoms. The molecule has 2 aliphatic rings. The fourth-order valence-corrected chi connectivity index (χ4v) is 4.17. The smallest absolute Gasteiger partial charge is 0.259 e. The number of hydrogen-bond acceptors (Lipinski definition) is 4. The highest BCUT2D eigenvalue weighted by atomic mass is 16.2. The molecule has 2 aliphatic heterocycles. The number of carbonyl (C=O) groups is 2. The Hall–Kier alpha value is -3.67. The zero-order valence-corrected chi connectivity index (χ0v) is 16.5. The average molecular weight is 398 g/mol. The maximum atomic E-state index is 12.9. The van der Waals surface area contributed by atoms with Crippen LogP contribution in [0.5, 0.6) is 0 Å². The van der Waals surface area contributed by atoms with E-state index in [1.807, 2.05) is 48.5 Å². The number of aromatic nitrogens is 1. The largest absolute Gasteiger partial charge is 0.358 e. The van der Waals surface area contributed by atoms with E-state index in [0.29, 0.717) is 30.9 Å². The topological polar surface area (TPSA) is 65.5 Å². The number of para-hydroxylation sites is 2. The first-order valence-electron chi connectivity index (χ1n) is 10.2. The first-order chi connectivity index (χ1) is 14.7. The summed E-state index contributed by atoms with van der Waals surface area (Å²) in [4.78, 5) is 33.7. The third-order valence-corrected chi connectivity index (χ3v) is 5.74. The average Bonchev–Trinajstić information content (AvgIpc) is 3.38. The molecule has 0 aliphatic carbocycles.